The zero-order valence-electron chi connectivity index (χ0n) is 11.6. The number of nitrogens with zero attached hydrogens (tertiary/aromatic N) is 1. The van der Waals surface area contributed by atoms with E-state index in [0.29, 0.717) is 23.8 Å². The maximum absolute atomic E-state index is 12.5. The summed E-state index contributed by atoms with van der Waals surface area (Å²) in [5, 5.41) is 0. The first kappa shape index (κ1) is 11.3. The van der Waals surface area contributed by atoms with Crippen LogP contribution in [-0.2, 0) is 4.79 Å². The zero-order valence-corrected chi connectivity index (χ0v) is 11.6. The molecule has 5 aliphatic carbocycles. The molecule has 18 heavy (non-hydrogen) atoms. The lowest BCUT2D eigenvalue weighted by atomic mass is 9.54. The van der Waals surface area contributed by atoms with E-state index in [1.54, 1.807) is 0 Å². The van der Waals surface area contributed by atoms with Crippen molar-refractivity contribution in [3.8, 4) is 0 Å². The van der Waals surface area contributed by atoms with E-state index in [0.717, 1.165) is 30.1 Å². The van der Waals surface area contributed by atoms with Gasteiger partial charge in [-0.3, -0.25) is 4.79 Å². The van der Waals surface area contributed by atoms with Crippen LogP contribution < -0.4 is 0 Å². The van der Waals surface area contributed by atoms with Crippen LogP contribution in [0.1, 0.15) is 45.4 Å². The van der Waals surface area contributed by atoms with Gasteiger partial charge in [-0.15, -0.1) is 0 Å². The topological polar surface area (TPSA) is 20.3 Å². The Morgan fingerprint density at radius 2 is 1.44 bits per heavy atom. The molecule has 5 fully saturated rings. The summed E-state index contributed by atoms with van der Waals surface area (Å²) in [7, 11) is 2.10. The molecule has 5 saturated carbocycles. The van der Waals surface area contributed by atoms with Gasteiger partial charge in [-0.05, 0) is 68.1 Å². The second-order valence-corrected chi connectivity index (χ2v) is 7.69. The van der Waals surface area contributed by atoms with E-state index in [4.69, 9.17) is 0 Å². The second-order valence-electron chi connectivity index (χ2n) is 7.69. The first-order valence-electron chi connectivity index (χ1n) is 7.90. The van der Waals surface area contributed by atoms with Crippen LogP contribution in [0.25, 0.3) is 0 Å². The third-order valence-electron chi connectivity index (χ3n) is 6.40. The SMILES string of the molecule is C[C@H]1C[C@H]1C(=O)N(C)C1C2CC3CC(C2)CC1C3. The Morgan fingerprint density at radius 1 is 0.944 bits per heavy atom. The maximum atomic E-state index is 12.5. The highest BCUT2D eigenvalue weighted by Crippen LogP contribution is 2.55. The summed E-state index contributed by atoms with van der Waals surface area (Å²) in [6, 6.07) is 0.595. The Kier molecular flexibility index (Phi) is 2.35. The third-order valence-corrected chi connectivity index (χ3v) is 6.40. The average molecular weight is 247 g/mol. The Hall–Kier alpha value is -0.530. The molecule has 0 aromatic rings. The molecular formula is C16H25NO. The van der Waals surface area contributed by atoms with Crippen LogP contribution in [0, 0.1) is 35.5 Å². The summed E-state index contributed by atoms with van der Waals surface area (Å²) in [5.74, 6) is 5.16. The molecule has 5 rings (SSSR count). The van der Waals surface area contributed by atoms with Crippen LogP contribution in [0.3, 0.4) is 0 Å². The fourth-order valence-corrected chi connectivity index (χ4v) is 5.60. The minimum atomic E-state index is 0.368. The summed E-state index contributed by atoms with van der Waals surface area (Å²) in [5.41, 5.74) is 0. The molecule has 4 bridgehead atoms. The minimum Gasteiger partial charge on any atom is -0.342 e. The smallest absolute Gasteiger partial charge is 0.225 e. The standard InChI is InChI=1S/C16H25NO/c1-9-3-14(9)16(18)17(2)15-12-5-10-4-11(7-12)8-13(15)6-10/h9-15H,3-8H2,1-2H3/t9-,10?,11?,12?,13?,14+,15?/m0/s1. The van der Waals surface area contributed by atoms with E-state index in [2.05, 4.69) is 18.9 Å². The van der Waals surface area contributed by atoms with Crippen molar-refractivity contribution in [1.82, 2.24) is 4.90 Å². The fraction of sp³-hybridized carbons (Fsp3) is 0.938. The van der Waals surface area contributed by atoms with Crippen LogP contribution in [0.15, 0.2) is 0 Å². The van der Waals surface area contributed by atoms with Crippen LogP contribution in [-0.4, -0.2) is 23.9 Å². The molecule has 0 unspecified atom stereocenters. The molecule has 0 N–H and O–H groups in total. The number of carbonyl (C=O) groups is 1. The normalized spacial score (nSPS) is 52.4. The van der Waals surface area contributed by atoms with E-state index in [9.17, 15) is 4.79 Å². The van der Waals surface area contributed by atoms with Crippen molar-refractivity contribution in [1.29, 1.82) is 0 Å². The zero-order chi connectivity index (χ0) is 12.4. The third kappa shape index (κ3) is 1.57. The highest BCUT2D eigenvalue weighted by Gasteiger charge is 2.52. The van der Waals surface area contributed by atoms with E-state index in [1.807, 2.05) is 0 Å². The summed E-state index contributed by atoms with van der Waals surface area (Å²) in [4.78, 5) is 14.6. The van der Waals surface area contributed by atoms with Gasteiger partial charge in [-0.25, -0.2) is 0 Å². The second kappa shape index (κ2) is 3.74. The van der Waals surface area contributed by atoms with Crippen LogP contribution >= 0.6 is 0 Å². The largest absolute Gasteiger partial charge is 0.342 e. The molecule has 0 heterocycles. The summed E-state index contributed by atoms with van der Waals surface area (Å²) >= 11 is 0. The van der Waals surface area contributed by atoms with Gasteiger partial charge in [0.25, 0.3) is 0 Å². The van der Waals surface area contributed by atoms with Gasteiger partial charge in [0.2, 0.25) is 5.91 Å². The predicted molar refractivity (Wildman–Crippen MR) is 70.9 cm³/mol. The Balaban J connectivity index is 1.52. The van der Waals surface area contributed by atoms with E-state index in [1.165, 1.54) is 32.1 Å². The van der Waals surface area contributed by atoms with Gasteiger partial charge in [0.1, 0.15) is 0 Å². The molecule has 0 saturated heterocycles. The van der Waals surface area contributed by atoms with Crippen LogP contribution in [0.2, 0.25) is 0 Å². The number of rotatable bonds is 2. The van der Waals surface area contributed by atoms with Crippen molar-refractivity contribution in [2.24, 2.45) is 35.5 Å². The van der Waals surface area contributed by atoms with E-state index in [-0.39, 0.29) is 0 Å². The molecular weight excluding hydrogens is 222 g/mol. The van der Waals surface area contributed by atoms with Gasteiger partial charge >= 0.3 is 0 Å². The van der Waals surface area contributed by atoms with Gasteiger partial charge in [0.05, 0.1) is 0 Å². The van der Waals surface area contributed by atoms with Gasteiger partial charge in [0, 0.05) is 19.0 Å². The van der Waals surface area contributed by atoms with Crippen LogP contribution in [0.5, 0.6) is 0 Å². The molecule has 100 valence electrons. The molecule has 0 aliphatic heterocycles. The molecule has 2 nitrogen and oxygen atoms in total. The molecule has 1 amide bonds. The number of hydrogen-bond acceptors (Lipinski definition) is 1. The number of hydrogen-bond donors (Lipinski definition) is 0. The Bertz CT molecular complexity index is 349. The van der Waals surface area contributed by atoms with Crippen molar-refractivity contribution >= 4 is 5.91 Å². The lowest BCUT2D eigenvalue weighted by molar-refractivity contribution is -0.142. The number of carbonyl (C=O) groups excluding carboxylic acids is 1. The first-order chi connectivity index (χ1) is 8.63. The molecule has 0 radical (unpaired) electrons. The summed E-state index contributed by atoms with van der Waals surface area (Å²) in [6.07, 6.45) is 8.28. The average Bonchev–Trinajstić information content (AvgIpc) is 3.03. The Labute approximate surface area is 110 Å². The van der Waals surface area contributed by atoms with Gasteiger partial charge < -0.3 is 4.90 Å². The minimum absolute atomic E-state index is 0.368. The van der Waals surface area contributed by atoms with Crippen LogP contribution in [0.4, 0.5) is 0 Å². The summed E-state index contributed by atoms with van der Waals surface area (Å²) < 4.78 is 0. The van der Waals surface area contributed by atoms with Gasteiger partial charge in [-0.1, -0.05) is 6.92 Å². The highest BCUT2D eigenvalue weighted by molar-refractivity contribution is 5.81. The van der Waals surface area contributed by atoms with E-state index >= 15 is 0 Å². The lowest BCUT2D eigenvalue weighted by Crippen LogP contribution is -2.56. The molecule has 0 spiro atoms. The van der Waals surface area contributed by atoms with Gasteiger partial charge in [-0.2, -0.15) is 0 Å². The lowest BCUT2D eigenvalue weighted by Gasteiger charge is -2.56. The van der Waals surface area contributed by atoms with Crippen molar-refractivity contribution < 1.29 is 4.79 Å². The molecule has 2 heteroatoms. The summed E-state index contributed by atoms with van der Waals surface area (Å²) in [6.45, 7) is 2.22. The quantitative estimate of drug-likeness (QED) is 0.734. The maximum Gasteiger partial charge on any atom is 0.225 e. The molecule has 0 aromatic heterocycles. The first-order valence-corrected chi connectivity index (χ1v) is 7.90. The van der Waals surface area contributed by atoms with E-state index < -0.39 is 0 Å². The highest BCUT2D eigenvalue weighted by atomic mass is 16.2. The van der Waals surface area contributed by atoms with Gasteiger partial charge in [0.15, 0.2) is 0 Å². The monoisotopic (exact) mass is 247 g/mol. The fourth-order valence-electron chi connectivity index (χ4n) is 5.60. The molecule has 2 atom stereocenters. The van der Waals surface area contributed by atoms with Crippen molar-refractivity contribution in [3.05, 3.63) is 0 Å². The van der Waals surface area contributed by atoms with Crippen molar-refractivity contribution in [2.45, 2.75) is 51.5 Å². The van der Waals surface area contributed by atoms with Crippen molar-refractivity contribution in [2.75, 3.05) is 7.05 Å². The Morgan fingerprint density at radius 3 is 1.89 bits per heavy atom. The number of amides is 1. The molecule has 0 aromatic carbocycles. The van der Waals surface area contributed by atoms with Crippen molar-refractivity contribution in [3.63, 3.8) is 0 Å². The molecule has 5 aliphatic rings. The predicted octanol–water partition coefficient (Wildman–Crippen LogP) is 2.93.